The van der Waals surface area contributed by atoms with Gasteiger partial charge in [-0.05, 0) is 98.6 Å². The van der Waals surface area contributed by atoms with Crippen LogP contribution in [0, 0.1) is 17.3 Å². The molecule has 1 aromatic carbocycles. The second kappa shape index (κ2) is 8.90. The first-order valence-electron chi connectivity index (χ1n) is 12.8. The molecule has 2 saturated carbocycles. The lowest BCUT2D eigenvalue weighted by molar-refractivity contribution is -0.141. The smallest absolute Gasteiger partial charge is 0.307 e. The van der Waals surface area contributed by atoms with Crippen LogP contribution in [0.5, 0.6) is 5.75 Å². The van der Waals surface area contributed by atoms with Crippen LogP contribution < -0.4 is 4.74 Å². The summed E-state index contributed by atoms with van der Waals surface area (Å²) in [6.07, 6.45) is 8.31. The summed E-state index contributed by atoms with van der Waals surface area (Å²) in [6.45, 7) is 9.26. The first kappa shape index (κ1) is 22.6. The number of hydrogen-bond acceptors (Lipinski definition) is 4. The van der Waals surface area contributed by atoms with Gasteiger partial charge in [-0.3, -0.25) is 14.7 Å². The number of aromatic nitrogens is 1. The monoisotopic (exact) mass is 450 g/mol. The Kier molecular flexibility index (Phi) is 6.11. The lowest BCUT2D eigenvalue weighted by atomic mass is 9.72. The van der Waals surface area contributed by atoms with Gasteiger partial charge in [0.1, 0.15) is 5.75 Å². The summed E-state index contributed by atoms with van der Waals surface area (Å²) in [4.78, 5) is 18.5. The van der Waals surface area contributed by atoms with Crippen molar-refractivity contribution in [3.05, 3.63) is 35.5 Å². The molecule has 1 aliphatic heterocycles. The van der Waals surface area contributed by atoms with E-state index in [1.165, 1.54) is 36.6 Å². The lowest BCUT2D eigenvalue weighted by Crippen LogP contribution is -2.30. The summed E-state index contributed by atoms with van der Waals surface area (Å²) in [6, 6.07) is 8.69. The molecule has 5 heteroatoms. The van der Waals surface area contributed by atoms with Gasteiger partial charge in [0.05, 0.1) is 23.2 Å². The van der Waals surface area contributed by atoms with E-state index in [4.69, 9.17) is 9.72 Å². The number of carboxylic acid groups (broad SMARTS) is 1. The van der Waals surface area contributed by atoms with Crippen LogP contribution in [-0.4, -0.2) is 40.2 Å². The van der Waals surface area contributed by atoms with Gasteiger partial charge in [-0.25, -0.2) is 0 Å². The average molecular weight is 451 g/mol. The molecule has 3 aliphatic rings. The summed E-state index contributed by atoms with van der Waals surface area (Å²) in [7, 11) is 0. The van der Waals surface area contributed by atoms with Crippen molar-refractivity contribution in [3.8, 4) is 5.75 Å². The van der Waals surface area contributed by atoms with Gasteiger partial charge >= 0.3 is 5.97 Å². The highest BCUT2D eigenvalue weighted by molar-refractivity contribution is 5.85. The number of likely N-dealkylation sites (tertiary alicyclic amines) is 1. The molecule has 5 nitrogen and oxygen atoms in total. The van der Waals surface area contributed by atoms with Gasteiger partial charge < -0.3 is 9.84 Å². The van der Waals surface area contributed by atoms with Crippen molar-refractivity contribution in [2.75, 3.05) is 13.1 Å². The Labute approximate surface area is 197 Å². The van der Waals surface area contributed by atoms with Crippen molar-refractivity contribution in [1.82, 2.24) is 9.88 Å². The second-order valence-electron chi connectivity index (χ2n) is 11.7. The van der Waals surface area contributed by atoms with Crippen LogP contribution in [0.1, 0.15) is 82.9 Å². The molecule has 2 aromatic rings. The molecule has 0 bridgehead atoms. The molecule has 1 aromatic heterocycles. The van der Waals surface area contributed by atoms with Crippen LogP contribution in [0.4, 0.5) is 0 Å². The summed E-state index contributed by atoms with van der Waals surface area (Å²) in [5.41, 5.74) is 3.88. The summed E-state index contributed by atoms with van der Waals surface area (Å²) in [5.74, 6) is 1.46. The number of ether oxygens (including phenoxy) is 1. The maximum Gasteiger partial charge on any atom is 0.307 e. The zero-order chi connectivity index (χ0) is 23.2. The summed E-state index contributed by atoms with van der Waals surface area (Å²) < 4.78 is 6.46. The molecule has 0 spiro atoms. The van der Waals surface area contributed by atoms with Crippen molar-refractivity contribution < 1.29 is 14.6 Å². The molecule has 1 saturated heterocycles. The number of hydrogen-bond donors (Lipinski definition) is 1. The van der Waals surface area contributed by atoms with E-state index >= 15 is 0 Å². The van der Waals surface area contributed by atoms with Gasteiger partial charge in [-0.15, -0.1) is 0 Å². The van der Waals surface area contributed by atoms with Gasteiger partial charge in [0.15, 0.2) is 0 Å². The SMILES string of the molecule is CC(C)(C)[C@H]1CC[C@H](Oc2ccc3nc(CN4CCC(C(=O)O)C4)cc(C4CC4)c3c2)CC1. The Morgan fingerprint density at radius 2 is 1.85 bits per heavy atom. The Balaban J connectivity index is 1.31. The average Bonchev–Trinajstić information content (AvgIpc) is 3.51. The van der Waals surface area contributed by atoms with E-state index < -0.39 is 5.97 Å². The van der Waals surface area contributed by atoms with E-state index in [-0.39, 0.29) is 5.92 Å². The predicted molar refractivity (Wildman–Crippen MR) is 131 cm³/mol. The van der Waals surface area contributed by atoms with E-state index in [9.17, 15) is 9.90 Å². The van der Waals surface area contributed by atoms with Gasteiger partial charge in [0, 0.05) is 18.5 Å². The largest absolute Gasteiger partial charge is 0.490 e. The number of pyridine rings is 1. The highest BCUT2D eigenvalue weighted by Crippen LogP contribution is 2.44. The van der Waals surface area contributed by atoms with E-state index in [0.29, 0.717) is 24.0 Å². The molecule has 5 rings (SSSR count). The Hall–Kier alpha value is -2.14. The van der Waals surface area contributed by atoms with Crippen LogP contribution in [0.25, 0.3) is 10.9 Å². The summed E-state index contributed by atoms with van der Waals surface area (Å²) >= 11 is 0. The van der Waals surface area contributed by atoms with Crippen LogP contribution in [0.15, 0.2) is 24.3 Å². The number of fused-ring (bicyclic) bond motifs is 1. The number of rotatable bonds is 6. The topological polar surface area (TPSA) is 62.7 Å². The zero-order valence-electron chi connectivity index (χ0n) is 20.3. The third kappa shape index (κ3) is 5.18. The predicted octanol–water partition coefficient (Wildman–Crippen LogP) is 6.00. The van der Waals surface area contributed by atoms with Gasteiger partial charge in [0.25, 0.3) is 0 Å². The van der Waals surface area contributed by atoms with Crippen molar-refractivity contribution in [2.24, 2.45) is 17.3 Å². The van der Waals surface area contributed by atoms with Crippen LogP contribution in [0.2, 0.25) is 0 Å². The molecule has 2 heterocycles. The first-order chi connectivity index (χ1) is 15.8. The zero-order valence-corrected chi connectivity index (χ0v) is 20.3. The molecule has 3 fully saturated rings. The van der Waals surface area contributed by atoms with Crippen molar-refractivity contribution >= 4 is 16.9 Å². The minimum atomic E-state index is -0.679. The van der Waals surface area contributed by atoms with Gasteiger partial charge in [0.2, 0.25) is 0 Å². The number of carboxylic acids is 1. The van der Waals surface area contributed by atoms with Crippen LogP contribution in [-0.2, 0) is 11.3 Å². The molecule has 1 atom stereocenters. The highest BCUT2D eigenvalue weighted by Gasteiger charge is 2.32. The van der Waals surface area contributed by atoms with Crippen LogP contribution in [0.3, 0.4) is 0 Å². The molecule has 0 amide bonds. The molecule has 33 heavy (non-hydrogen) atoms. The third-order valence-corrected chi connectivity index (χ3v) is 8.09. The first-order valence-corrected chi connectivity index (χ1v) is 12.8. The van der Waals surface area contributed by atoms with E-state index in [0.717, 1.165) is 55.2 Å². The number of nitrogens with zero attached hydrogens (tertiary/aromatic N) is 2. The highest BCUT2D eigenvalue weighted by atomic mass is 16.5. The maximum absolute atomic E-state index is 11.3. The van der Waals surface area contributed by atoms with Crippen molar-refractivity contribution in [1.29, 1.82) is 0 Å². The summed E-state index contributed by atoms with van der Waals surface area (Å²) in [5, 5.41) is 10.5. The fourth-order valence-electron chi connectivity index (χ4n) is 5.82. The fourth-order valence-corrected chi connectivity index (χ4v) is 5.82. The van der Waals surface area contributed by atoms with Gasteiger partial charge in [-0.2, -0.15) is 0 Å². The molecule has 178 valence electrons. The van der Waals surface area contributed by atoms with Crippen molar-refractivity contribution in [3.63, 3.8) is 0 Å². The minimum absolute atomic E-state index is 0.244. The lowest BCUT2D eigenvalue weighted by Gasteiger charge is -2.37. The van der Waals surface area contributed by atoms with E-state index in [1.807, 2.05) is 0 Å². The number of benzene rings is 1. The molecule has 0 radical (unpaired) electrons. The molecule has 1 unspecified atom stereocenters. The molecular formula is C28H38N2O3. The fraction of sp³-hybridized carbons (Fsp3) is 0.643. The Morgan fingerprint density at radius 1 is 1.09 bits per heavy atom. The standard InChI is InChI=1S/C28H38N2O3/c1-28(2,3)20-6-8-22(9-7-20)33-23-10-11-26-25(15-23)24(18-4-5-18)14-21(29-26)17-30-13-12-19(16-30)27(31)32/h10-11,14-15,18-20,22H,4-9,12-13,16-17H2,1-3H3,(H,31,32)/t19?,20-,22-. The van der Waals surface area contributed by atoms with E-state index in [2.05, 4.69) is 49.9 Å². The maximum atomic E-state index is 11.3. The minimum Gasteiger partial charge on any atom is -0.490 e. The van der Waals surface area contributed by atoms with Crippen molar-refractivity contribution in [2.45, 2.75) is 84.3 Å². The molecule has 2 aliphatic carbocycles. The molecular weight excluding hydrogens is 412 g/mol. The normalized spacial score (nSPS) is 26.6. The number of carbonyl (C=O) groups is 1. The molecule has 1 N–H and O–H groups in total. The Morgan fingerprint density at radius 3 is 2.48 bits per heavy atom. The quantitative estimate of drug-likeness (QED) is 0.585. The van der Waals surface area contributed by atoms with Crippen LogP contribution >= 0.6 is 0 Å². The van der Waals surface area contributed by atoms with Gasteiger partial charge in [-0.1, -0.05) is 20.8 Å². The third-order valence-electron chi connectivity index (χ3n) is 8.09. The Bertz CT molecular complexity index is 1020. The van der Waals surface area contributed by atoms with E-state index in [1.54, 1.807) is 0 Å². The number of aliphatic carboxylic acids is 1. The second-order valence-corrected chi connectivity index (χ2v) is 11.7.